The van der Waals surface area contributed by atoms with E-state index in [0.717, 1.165) is 43.8 Å². The summed E-state index contributed by atoms with van der Waals surface area (Å²) in [6.07, 6.45) is 5.98. The minimum Gasteiger partial charge on any atom is -0.481 e. The molecular weight excluding hydrogens is 290 g/mol. The number of nitrogens with zero attached hydrogens (tertiary/aromatic N) is 3. The van der Waals surface area contributed by atoms with Crippen LogP contribution in [0.1, 0.15) is 25.0 Å². The lowest BCUT2D eigenvalue weighted by Gasteiger charge is -2.13. The molecule has 5 nitrogen and oxygen atoms in total. The molecule has 3 heterocycles. The first-order valence-electron chi connectivity index (χ1n) is 7.17. The Labute approximate surface area is 128 Å². The molecule has 6 heteroatoms. The number of aliphatic carboxylic acids is 1. The van der Waals surface area contributed by atoms with Gasteiger partial charge in [-0.05, 0) is 37.4 Å². The second kappa shape index (κ2) is 6.03. The summed E-state index contributed by atoms with van der Waals surface area (Å²) in [5, 5.41) is 9.44. The number of hydrogen-bond acceptors (Lipinski definition) is 3. The van der Waals surface area contributed by atoms with Crippen molar-refractivity contribution in [3.8, 4) is 0 Å². The van der Waals surface area contributed by atoms with Gasteiger partial charge < -0.3 is 9.51 Å². The fourth-order valence-corrected chi connectivity index (χ4v) is 3.11. The number of carboxylic acid groups (broad SMARTS) is 1. The van der Waals surface area contributed by atoms with E-state index in [-0.39, 0.29) is 6.42 Å². The van der Waals surface area contributed by atoms with E-state index < -0.39 is 5.97 Å². The van der Waals surface area contributed by atoms with Gasteiger partial charge in [-0.25, -0.2) is 4.98 Å². The van der Waals surface area contributed by atoms with Crippen molar-refractivity contribution in [1.82, 2.24) is 14.3 Å². The Balaban J connectivity index is 1.60. The summed E-state index contributed by atoms with van der Waals surface area (Å²) in [7, 11) is 0. The average molecular weight is 308 g/mol. The average Bonchev–Trinajstić information content (AvgIpc) is 3.02. The zero-order chi connectivity index (χ0) is 14.8. The molecule has 1 aliphatic heterocycles. The van der Waals surface area contributed by atoms with Crippen molar-refractivity contribution in [3.63, 3.8) is 0 Å². The molecule has 0 bridgehead atoms. The monoisotopic (exact) mass is 307 g/mol. The Morgan fingerprint density at radius 1 is 1.43 bits per heavy atom. The molecule has 0 aliphatic carbocycles. The predicted octanol–water partition coefficient (Wildman–Crippen LogP) is 2.67. The predicted molar refractivity (Wildman–Crippen MR) is 80.5 cm³/mol. The van der Waals surface area contributed by atoms with Crippen LogP contribution in [0.2, 0.25) is 5.02 Å². The van der Waals surface area contributed by atoms with Gasteiger partial charge in [-0.15, -0.1) is 0 Å². The first-order valence-corrected chi connectivity index (χ1v) is 7.55. The highest BCUT2D eigenvalue weighted by Crippen LogP contribution is 2.22. The molecular formula is C15H18ClN3O2. The summed E-state index contributed by atoms with van der Waals surface area (Å²) >= 11 is 5.97. The van der Waals surface area contributed by atoms with Gasteiger partial charge in [0, 0.05) is 31.9 Å². The van der Waals surface area contributed by atoms with Crippen LogP contribution in [0.3, 0.4) is 0 Å². The molecule has 0 radical (unpaired) electrons. The molecule has 112 valence electrons. The minimum absolute atomic E-state index is 0.269. The highest BCUT2D eigenvalue weighted by atomic mass is 35.5. The second-order valence-electron chi connectivity index (χ2n) is 5.67. The van der Waals surface area contributed by atoms with Gasteiger partial charge >= 0.3 is 5.97 Å². The van der Waals surface area contributed by atoms with Crippen molar-refractivity contribution in [1.29, 1.82) is 0 Å². The number of likely N-dealkylation sites (tertiary alicyclic amines) is 1. The quantitative estimate of drug-likeness (QED) is 0.922. The van der Waals surface area contributed by atoms with Gasteiger partial charge in [-0.1, -0.05) is 11.6 Å². The summed E-state index contributed by atoms with van der Waals surface area (Å²) in [5.74, 6) is -0.210. The number of rotatable bonds is 5. The minimum atomic E-state index is -0.703. The maximum Gasteiger partial charge on any atom is 0.303 e. The van der Waals surface area contributed by atoms with Gasteiger partial charge in [0.2, 0.25) is 0 Å². The molecule has 1 aliphatic rings. The van der Waals surface area contributed by atoms with Crippen molar-refractivity contribution < 1.29 is 9.90 Å². The highest BCUT2D eigenvalue weighted by Gasteiger charge is 2.23. The van der Waals surface area contributed by atoms with Gasteiger partial charge in [-0.3, -0.25) is 9.69 Å². The smallest absolute Gasteiger partial charge is 0.303 e. The van der Waals surface area contributed by atoms with Crippen molar-refractivity contribution in [2.24, 2.45) is 5.92 Å². The van der Waals surface area contributed by atoms with Crippen molar-refractivity contribution in [2.75, 3.05) is 13.1 Å². The molecule has 2 aromatic rings. The molecule has 0 spiro atoms. The largest absolute Gasteiger partial charge is 0.481 e. The first kappa shape index (κ1) is 14.4. The Kier molecular flexibility index (Phi) is 4.12. The topological polar surface area (TPSA) is 57.8 Å². The molecule has 0 saturated carbocycles. The number of hydrogen-bond donors (Lipinski definition) is 1. The number of fused-ring (bicyclic) bond motifs is 1. The summed E-state index contributed by atoms with van der Waals surface area (Å²) in [4.78, 5) is 17.5. The lowest BCUT2D eigenvalue weighted by Crippen LogP contribution is -2.20. The summed E-state index contributed by atoms with van der Waals surface area (Å²) < 4.78 is 1.94. The van der Waals surface area contributed by atoms with Gasteiger partial charge in [0.1, 0.15) is 5.65 Å². The van der Waals surface area contributed by atoms with Crippen molar-refractivity contribution in [3.05, 3.63) is 35.2 Å². The van der Waals surface area contributed by atoms with Gasteiger partial charge in [0.15, 0.2) is 0 Å². The van der Waals surface area contributed by atoms with E-state index in [1.807, 2.05) is 28.9 Å². The van der Waals surface area contributed by atoms with Crippen LogP contribution in [0.25, 0.3) is 5.65 Å². The maximum atomic E-state index is 10.6. The molecule has 21 heavy (non-hydrogen) atoms. The SMILES string of the molecule is O=C(O)CCC1CCN(Cc2cn3cc(Cl)ccc3n2)C1. The number of carbonyl (C=O) groups is 1. The van der Waals surface area contributed by atoms with E-state index in [1.54, 1.807) is 0 Å². The standard InChI is InChI=1S/C15H18ClN3O2/c16-12-2-3-14-17-13(10-19(14)8-12)9-18-6-5-11(7-18)1-4-15(20)21/h2-3,8,10-11H,1,4-7,9H2,(H,20,21). The molecule has 1 N–H and O–H groups in total. The Morgan fingerprint density at radius 2 is 2.29 bits per heavy atom. The van der Waals surface area contributed by atoms with E-state index in [1.165, 1.54) is 0 Å². The van der Waals surface area contributed by atoms with Crippen LogP contribution in [0.15, 0.2) is 24.5 Å². The molecule has 1 atom stereocenters. The molecule has 0 aromatic carbocycles. The maximum absolute atomic E-state index is 10.6. The fourth-order valence-electron chi connectivity index (χ4n) is 2.94. The molecule has 1 saturated heterocycles. The van der Waals surface area contributed by atoms with Crippen LogP contribution in [-0.4, -0.2) is 38.4 Å². The normalized spacial score (nSPS) is 19.4. The third-order valence-electron chi connectivity index (χ3n) is 3.99. The molecule has 3 rings (SSSR count). The fraction of sp³-hybridized carbons (Fsp3) is 0.467. The van der Waals surface area contributed by atoms with Gasteiger partial charge in [0.25, 0.3) is 0 Å². The van der Waals surface area contributed by atoms with Crippen LogP contribution >= 0.6 is 11.6 Å². The van der Waals surface area contributed by atoms with E-state index >= 15 is 0 Å². The van der Waals surface area contributed by atoms with Crippen LogP contribution in [-0.2, 0) is 11.3 Å². The Hall–Kier alpha value is -1.59. The molecule has 1 unspecified atom stereocenters. The van der Waals surface area contributed by atoms with Crippen LogP contribution in [0.5, 0.6) is 0 Å². The second-order valence-corrected chi connectivity index (χ2v) is 6.10. The van der Waals surface area contributed by atoms with E-state index in [2.05, 4.69) is 9.88 Å². The van der Waals surface area contributed by atoms with E-state index in [9.17, 15) is 4.79 Å². The van der Waals surface area contributed by atoms with Crippen LogP contribution in [0, 0.1) is 5.92 Å². The van der Waals surface area contributed by atoms with E-state index in [0.29, 0.717) is 10.9 Å². The lowest BCUT2D eigenvalue weighted by molar-refractivity contribution is -0.137. The third-order valence-corrected chi connectivity index (χ3v) is 4.21. The molecule has 1 fully saturated rings. The Bertz CT molecular complexity index is 655. The summed E-state index contributed by atoms with van der Waals surface area (Å²) in [6.45, 7) is 2.78. The Morgan fingerprint density at radius 3 is 3.10 bits per heavy atom. The number of pyridine rings is 1. The van der Waals surface area contributed by atoms with Crippen molar-refractivity contribution >= 4 is 23.2 Å². The number of imidazole rings is 1. The number of halogens is 1. The number of aromatic nitrogens is 2. The van der Waals surface area contributed by atoms with Crippen LogP contribution in [0.4, 0.5) is 0 Å². The van der Waals surface area contributed by atoms with Gasteiger partial charge in [-0.2, -0.15) is 0 Å². The zero-order valence-corrected chi connectivity index (χ0v) is 12.5. The summed E-state index contributed by atoms with van der Waals surface area (Å²) in [6, 6.07) is 3.75. The molecule has 0 amide bonds. The third kappa shape index (κ3) is 3.54. The lowest BCUT2D eigenvalue weighted by atomic mass is 10.0. The number of carboxylic acids is 1. The highest BCUT2D eigenvalue weighted by molar-refractivity contribution is 6.30. The zero-order valence-electron chi connectivity index (χ0n) is 11.7. The first-order chi connectivity index (χ1) is 10.1. The summed E-state index contributed by atoms with van der Waals surface area (Å²) in [5.41, 5.74) is 1.92. The van der Waals surface area contributed by atoms with Crippen molar-refractivity contribution in [2.45, 2.75) is 25.8 Å². The van der Waals surface area contributed by atoms with E-state index in [4.69, 9.17) is 16.7 Å². The van der Waals surface area contributed by atoms with Crippen LogP contribution < -0.4 is 0 Å². The van der Waals surface area contributed by atoms with Gasteiger partial charge in [0.05, 0.1) is 10.7 Å². The molecule has 2 aromatic heterocycles.